The quantitative estimate of drug-likeness (QED) is 0.192. The van der Waals surface area contributed by atoms with E-state index in [-0.39, 0.29) is 89.6 Å². The van der Waals surface area contributed by atoms with Gasteiger partial charge in [0.25, 0.3) is 0 Å². The van der Waals surface area contributed by atoms with Crippen molar-refractivity contribution >= 4 is 23.9 Å². The van der Waals surface area contributed by atoms with Crippen LogP contribution in [0.25, 0.3) is 0 Å². The molecule has 4 saturated heterocycles. The third kappa shape index (κ3) is 3.92. The summed E-state index contributed by atoms with van der Waals surface area (Å²) < 4.78 is 11.9. The molecule has 12 rings (SSSR count). The fourth-order valence-corrected chi connectivity index (χ4v) is 17.6. The standard InChI is InChI=1S/C45H59N2O9/c1-4-26-27-18-33-38-44(31-7-5-6-8-32(31)46(38)3)20-34(37(27)39(44)51)47(33,40(26)52)21-36(50)56-25-9-14-42(23-48)29-10-13-41(2)28(24-17-35(49)55-22-24)12-16-45(41,54)30(29)11-15-43(42,53)19-25/h5-8,17,23,25-30,33-34,37-40,51-54H,4,9-16,18-22H2,1-3H3/q+1/t25-,26-,27-,28-,29-,30+,33-,34?,37-,38-,39+,40+,41+,42-,43-,44+,45-,47-/m0/s1. The maximum atomic E-state index is 14.5. The summed E-state index contributed by atoms with van der Waals surface area (Å²) in [6.07, 6.45) is 7.72. The molecule has 0 amide bonds. The summed E-state index contributed by atoms with van der Waals surface area (Å²) in [5.74, 6) is -0.852. The first-order valence-corrected chi connectivity index (χ1v) is 21.8. The highest BCUT2D eigenvalue weighted by Gasteiger charge is 2.83. The Morgan fingerprint density at radius 1 is 1.04 bits per heavy atom. The molecular formula is C45H59N2O9+. The van der Waals surface area contributed by atoms with E-state index < -0.39 is 45.9 Å². The van der Waals surface area contributed by atoms with Gasteiger partial charge in [-0.3, -0.25) is 4.48 Å². The van der Waals surface area contributed by atoms with Gasteiger partial charge in [-0.25, -0.2) is 9.59 Å². The van der Waals surface area contributed by atoms with Crippen molar-refractivity contribution in [2.75, 3.05) is 25.1 Å². The Balaban J connectivity index is 0.854. The monoisotopic (exact) mass is 771 g/mol. The number of likely N-dealkylation sites (N-methyl/N-ethyl adjacent to an activating group) is 1. The minimum atomic E-state index is -1.37. The smallest absolute Gasteiger partial charge is 0.362 e. The maximum Gasteiger partial charge on any atom is 0.362 e. The van der Waals surface area contributed by atoms with Crippen LogP contribution in [0.3, 0.4) is 0 Å². The number of carbonyl (C=O) groups is 3. The van der Waals surface area contributed by atoms with Crippen molar-refractivity contribution < 1.29 is 48.8 Å². The van der Waals surface area contributed by atoms with Crippen LogP contribution in [0.1, 0.15) is 96.5 Å². The number of anilines is 1. The topological polar surface area (TPSA) is 154 Å². The molecule has 1 aromatic rings. The number of rotatable bonds is 6. The summed E-state index contributed by atoms with van der Waals surface area (Å²) in [5, 5.41) is 50.1. The van der Waals surface area contributed by atoms with Crippen LogP contribution in [0.2, 0.25) is 0 Å². The second kappa shape index (κ2) is 11.5. The van der Waals surface area contributed by atoms with Crippen molar-refractivity contribution in [1.29, 1.82) is 0 Å². The van der Waals surface area contributed by atoms with Gasteiger partial charge in [0.2, 0.25) is 0 Å². The molecule has 302 valence electrons. The van der Waals surface area contributed by atoms with Crippen LogP contribution in [0, 0.1) is 46.3 Å². The number of cyclic esters (lactones) is 1. The van der Waals surface area contributed by atoms with Crippen molar-refractivity contribution in [3.8, 4) is 0 Å². The highest BCUT2D eigenvalue weighted by Crippen LogP contribution is 2.73. The number of quaternary nitrogens is 1. The SMILES string of the molecule is CC[C@H]1[C@@H]2C[C@H]3[C@@H]4N(C)c5ccccc5[C@]45CC([C@H]2[C@H]5O)[N@@+]3(CC(=O)O[C@H]2CC[C@]3(C=O)[C@H]4CC[C@]5(C)[C@H](C6=CC(=O)OC6)CC[C@]5(O)[C@@H]4CC[C@]3(O)C2)[C@@H]1O. The van der Waals surface area contributed by atoms with Crippen molar-refractivity contribution in [2.24, 2.45) is 46.3 Å². The van der Waals surface area contributed by atoms with E-state index in [1.165, 1.54) is 5.56 Å². The zero-order chi connectivity index (χ0) is 38.9. The minimum absolute atomic E-state index is 0.0104. The number of hydrogen-bond donors (Lipinski definition) is 4. The zero-order valence-electron chi connectivity index (χ0n) is 33.0. The molecule has 18 atom stereocenters. The predicted molar refractivity (Wildman–Crippen MR) is 202 cm³/mol. The van der Waals surface area contributed by atoms with Crippen LogP contribution < -0.4 is 4.90 Å². The molecule has 0 radical (unpaired) electrons. The van der Waals surface area contributed by atoms with Gasteiger partial charge >= 0.3 is 11.9 Å². The number of aliphatic hydroxyl groups is 4. The van der Waals surface area contributed by atoms with E-state index in [1.807, 2.05) is 6.07 Å². The number of esters is 2. The molecule has 11 heteroatoms. The van der Waals surface area contributed by atoms with Crippen molar-refractivity contribution in [1.82, 2.24) is 0 Å². The van der Waals surface area contributed by atoms with Crippen LogP contribution in [0.15, 0.2) is 35.9 Å². The van der Waals surface area contributed by atoms with E-state index in [0.717, 1.165) is 43.2 Å². The minimum Gasteiger partial charge on any atom is -0.458 e. The van der Waals surface area contributed by atoms with Crippen molar-refractivity contribution in [3.63, 3.8) is 0 Å². The third-order valence-corrected chi connectivity index (χ3v) is 19.6. The lowest BCUT2D eigenvalue weighted by molar-refractivity contribution is -1.03. The van der Waals surface area contributed by atoms with Crippen LogP contribution in [0.5, 0.6) is 0 Å². The molecule has 11 nitrogen and oxygen atoms in total. The molecule has 0 aromatic heterocycles. The van der Waals surface area contributed by atoms with Gasteiger partial charge in [-0.1, -0.05) is 32.0 Å². The van der Waals surface area contributed by atoms with Gasteiger partial charge < -0.3 is 39.6 Å². The molecule has 4 N–H and O–H groups in total. The molecule has 11 aliphatic rings. The molecule has 56 heavy (non-hydrogen) atoms. The fraction of sp³-hybridized carbons (Fsp3) is 0.756. The van der Waals surface area contributed by atoms with Crippen molar-refractivity contribution in [3.05, 3.63) is 41.5 Å². The number of ether oxygens (including phenoxy) is 2. The average Bonchev–Trinajstić information content (AvgIpc) is 3.86. The second-order valence-electron chi connectivity index (χ2n) is 20.6. The molecule has 5 bridgehead atoms. The van der Waals surface area contributed by atoms with E-state index in [2.05, 4.69) is 44.0 Å². The molecule has 9 fully saturated rings. The lowest BCUT2D eigenvalue weighted by atomic mass is 9.41. The Morgan fingerprint density at radius 2 is 1.82 bits per heavy atom. The van der Waals surface area contributed by atoms with Gasteiger partial charge in [0.15, 0.2) is 12.8 Å². The van der Waals surface area contributed by atoms with E-state index in [0.29, 0.717) is 44.9 Å². The molecule has 6 aliphatic heterocycles. The Hall–Kier alpha value is -2.83. The molecule has 1 unspecified atom stereocenters. The first-order chi connectivity index (χ1) is 26.7. The fourth-order valence-electron chi connectivity index (χ4n) is 17.6. The molecule has 1 aromatic carbocycles. The average molecular weight is 772 g/mol. The number of para-hydroxylation sites is 1. The normalized spacial score (nSPS) is 54.1. The number of hydrogen-bond acceptors (Lipinski definition) is 10. The Morgan fingerprint density at radius 3 is 2.57 bits per heavy atom. The number of nitrogens with zero attached hydrogens (tertiary/aromatic N) is 2. The summed E-state index contributed by atoms with van der Waals surface area (Å²) in [5.41, 5.74) is -1.04. The van der Waals surface area contributed by atoms with Gasteiger partial charge in [0.1, 0.15) is 25.0 Å². The van der Waals surface area contributed by atoms with Crippen LogP contribution in [-0.2, 0) is 29.3 Å². The van der Waals surface area contributed by atoms with Crippen LogP contribution in [0.4, 0.5) is 5.69 Å². The van der Waals surface area contributed by atoms with E-state index in [9.17, 15) is 34.8 Å². The van der Waals surface area contributed by atoms with E-state index in [1.54, 1.807) is 6.08 Å². The summed E-state index contributed by atoms with van der Waals surface area (Å²) in [7, 11) is 2.11. The lowest BCUT2D eigenvalue weighted by Crippen LogP contribution is -2.83. The lowest BCUT2D eigenvalue weighted by Gasteiger charge is -2.67. The van der Waals surface area contributed by atoms with Gasteiger partial charge in [-0.15, -0.1) is 0 Å². The maximum absolute atomic E-state index is 14.5. The zero-order valence-corrected chi connectivity index (χ0v) is 33.0. The first kappa shape index (κ1) is 36.3. The largest absolute Gasteiger partial charge is 0.458 e. The van der Waals surface area contributed by atoms with E-state index in [4.69, 9.17) is 9.47 Å². The highest BCUT2D eigenvalue weighted by atomic mass is 16.5. The second-order valence-corrected chi connectivity index (χ2v) is 20.6. The summed E-state index contributed by atoms with van der Waals surface area (Å²) in [6, 6.07) is 8.28. The van der Waals surface area contributed by atoms with Gasteiger partial charge in [-0.05, 0) is 98.7 Å². The van der Waals surface area contributed by atoms with Gasteiger partial charge in [0.05, 0.1) is 40.2 Å². The summed E-state index contributed by atoms with van der Waals surface area (Å²) in [4.78, 5) is 42.3. The molecule has 5 saturated carbocycles. The number of aldehydes is 1. The number of benzene rings is 1. The first-order valence-electron chi connectivity index (χ1n) is 21.8. The molecule has 1 spiro atoms. The summed E-state index contributed by atoms with van der Waals surface area (Å²) >= 11 is 0. The number of piperidine rings is 4. The Kier molecular flexibility index (Phi) is 7.42. The Labute approximate surface area is 329 Å². The number of carbonyl (C=O) groups excluding carboxylic acids is 3. The highest BCUT2D eigenvalue weighted by molar-refractivity contribution is 5.85. The summed E-state index contributed by atoms with van der Waals surface area (Å²) in [6.45, 7) is 4.56. The van der Waals surface area contributed by atoms with Gasteiger partial charge in [0, 0.05) is 55.3 Å². The Bertz CT molecular complexity index is 1940. The van der Waals surface area contributed by atoms with Crippen molar-refractivity contribution in [2.45, 2.75) is 144 Å². The van der Waals surface area contributed by atoms with E-state index >= 15 is 0 Å². The number of fused-ring (bicyclic) bond motifs is 7. The van der Waals surface area contributed by atoms with Gasteiger partial charge in [-0.2, -0.15) is 0 Å². The molecule has 5 aliphatic carbocycles. The predicted octanol–water partition coefficient (Wildman–Crippen LogP) is 3.53. The van der Waals surface area contributed by atoms with Crippen LogP contribution >= 0.6 is 0 Å². The van der Waals surface area contributed by atoms with Crippen LogP contribution in [-0.4, -0.2) is 111 Å². The molecule has 6 heterocycles. The third-order valence-electron chi connectivity index (χ3n) is 19.6. The molecular weight excluding hydrogens is 713 g/mol. The number of aliphatic hydroxyl groups excluding tert-OH is 2.